The fourth-order valence-corrected chi connectivity index (χ4v) is 2.03. The number of nitrogens with zero attached hydrogens (tertiary/aromatic N) is 1. The van der Waals surface area contributed by atoms with E-state index in [0.29, 0.717) is 13.0 Å². The van der Waals surface area contributed by atoms with Crippen molar-refractivity contribution >= 4 is 22.6 Å². The van der Waals surface area contributed by atoms with E-state index in [9.17, 15) is 4.79 Å². The zero-order valence-corrected chi connectivity index (χ0v) is 11.6. The van der Waals surface area contributed by atoms with Gasteiger partial charge in [-0.3, -0.25) is 4.79 Å². The number of pyridine rings is 1. The van der Waals surface area contributed by atoms with Crippen LogP contribution in [0.25, 0.3) is 10.8 Å². The zero-order valence-electron chi connectivity index (χ0n) is 11.6. The van der Waals surface area contributed by atoms with Crippen molar-refractivity contribution in [1.29, 1.82) is 0 Å². The van der Waals surface area contributed by atoms with Crippen molar-refractivity contribution < 1.29 is 14.6 Å². The summed E-state index contributed by atoms with van der Waals surface area (Å²) < 4.78 is 5.32. The fraction of sp³-hybridized carbons (Fsp3) is 0.333. The third kappa shape index (κ3) is 2.99. The summed E-state index contributed by atoms with van der Waals surface area (Å²) >= 11 is 0. The Labute approximate surface area is 117 Å². The number of carboxylic acids is 1. The van der Waals surface area contributed by atoms with E-state index in [1.165, 1.54) is 0 Å². The van der Waals surface area contributed by atoms with Crippen LogP contribution in [0.5, 0.6) is 5.75 Å². The molecule has 2 N–H and O–H groups in total. The first kappa shape index (κ1) is 14.1. The zero-order chi connectivity index (χ0) is 14.5. The van der Waals surface area contributed by atoms with E-state index in [2.05, 4.69) is 10.3 Å². The molecule has 0 saturated carbocycles. The normalized spacial score (nSPS) is 12.1. The molecule has 0 spiro atoms. The maximum Gasteiger partial charge on any atom is 0.306 e. The van der Waals surface area contributed by atoms with Crippen LogP contribution in [0.1, 0.15) is 13.3 Å². The van der Waals surface area contributed by atoms with Crippen LogP contribution in [0, 0.1) is 5.92 Å². The summed E-state index contributed by atoms with van der Waals surface area (Å²) in [7, 11) is 1.64. The van der Waals surface area contributed by atoms with E-state index >= 15 is 0 Å². The van der Waals surface area contributed by atoms with Crippen molar-refractivity contribution in [3.05, 3.63) is 30.5 Å². The van der Waals surface area contributed by atoms with Gasteiger partial charge in [0.25, 0.3) is 0 Å². The number of hydrogen-bond donors (Lipinski definition) is 2. The van der Waals surface area contributed by atoms with Crippen molar-refractivity contribution in [2.24, 2.45) is 5.92 Å². The largest absolute Gasteiger partial charge is 0.496 e. The van der Waals surface area contributed by atoms with Crippen molar-refractivity contribution in [1.82, 2.24) is 4.98 Å². The van der Waals surface area contributed by atoms with Gasteiger partial charge in [-0.15, -0.1) is 0 Å². The summed E-state index contributed by atoms with van der Waals surface area (Å²) in [5, 5.41) is 14.0. The molecule has 5 heteroatoms. The molecule has 0 amide bonds. The standard InChI is InChI=1S/C15H18N2O3/c1-10(15(18)19)6-8-16-14-12-4-3-5-13(20-2)11(12)7-9-17-14/h3-5,7,9-10H,6,8H2,1-2H3,(H,16,17)(H,18,19). The van der Waals surface area contributed by atoms with Gasteiger partial charge < -0.3 is 15.2 Å². The molecule has 5 nitrogen and oxygen atoms in total. The number of methoxy groups -OCH3 is 1. The summed E-state index contributed by atoms with van der Waals surface area (Å²) in [5.74, 6) is 0.400. The molecule has 1 unspecified atom stereocenters. The van der Waals surface area contributed by atoms with Crippen LogP contribution in [0.15, 0.2) is 30.5 Å². The van der Waals surface area contributed by atoms with Gasteiger partial charge in [-0.05, 0) is 18.6 Å². The van der Waals surface area contributed by atoms with Crippen molar-refractivity contribution in [3.8, 4) is 5.75 Å². The Kier molecular flexibility index (Phi) is 4.40. The van der Waals surface area contributed by atoms with Gasteiger partial charge in [-0.25, -0.2) is 4.98 Å². The third-order valence-electron chi connectivity index (χ3n) is 3.28. The maximum absolute atomic E-state index is 10.8. The predicted molar refractivity (Wildman–Crippen MR) is 78.2 cm³/mol. The van der Waals surface area contributed by atoms with E-state index in [0.717, 1.165) is 22.3 Å². The molecule has 0 fully saturated rings. The van der Waals surface area contributed by atoms with Gasteiger partial charge in [0, 0.05) is 23.5 Å². The van der Waals surface area contributed by atoms with Gasteiger partial charge in [-0.2, -0.15) is 0 Å². The molecule has 0 saturated heterocycles. The number of hydrogen-bond acceptors (Lipinski definition) is 4. The number of anilines is 1. The molecule has 0 aliphatic carbocycles. The Morgan fingerprint density at radius 2 is 2.20 bits per heavy atom. The van der Waals surface area contributed by atoms with E-state index in [-0.39, 0.29) is 5.92 Å². The second-order valence-corrected chi connectivity index (χ2v) is 4.67. The highest BCUT2D eigenvalue weighted by Gasteiger charge is 2.11. The molecule has 106 valence electrons. The second kappa shape index (κ2) is 6.23. The summed E-state index contributed by atoms with van der Waals surface area (Å²) in [6.45, 7) is 2.26. The lowest BCUT2D eigenvalue weighted by Gasteiger charge is -2.11. The Morgan fingerprint density at radius 1 is 1.40 bits per heavy atom. The molecule has 0 bridgehead atoms. The van der Waals surface area contributed by atoms with E-state index < -0.39 is 5.97 Å². The molecule has 2 rings (SSSR count). The fourth-order valence-electron chi connectivity index (χ4n) is 2.03. The maximum atomic E-state index is 10.8. The molecule has 0 aliphatic heterocycles. The summed E-state index contributed by atoms with van der Waals surface area (Å²) in [6, 6.07) is 7.68. The van der Waals surface area contributed by atoms with Gasteiger partial charge in [-0.1, -0.05) is 19.1 Å². The molecule has 2 aromatic rings. The summed E-state index contributed by atoms with van der Waals surface area (Å²) in [5.41, 5.74) is 0. The summed E-state index contributed by atoms with van der Waals surface area (Å²) in [4.78, 5) is 15.1. The highest BCUT2D eigenvalue weighted by molar-refractivity contribution is 5.95. The van der Waals surface area contributed by atoms with Crippen LogP contribution in [0.2, 0.25) is 0 Å². The van der Waals surface area contributed by atoms with E-state index in [1.54, 1.807) is 20.2 Å². The number of nitrogens with one attached hydrogen (secondary N) is 1. The first-order valence-electron chi connectivity index (χ1n) is 6.52. The average Bonchev–Trinajstić information content (AvgIpc) is 2.46. The number of fused-ring (bicyclic) bond motifs is 1. The monoisotopic (exact) mass is 274 g/mol. The van der Waals surface area contributed by atoms with Gasteiger partial charge in [0.2, 0.25) is 0 Å². The number of ether oxygens (including phenoxy) is 1. The number of rotatable bonds is 6. The molecule has 0 radical (unpaired) electrons. The lowest BCUT2D eigenvalue weighted by molar-refractivity contribution is -0.141. The van der Waals surface area contributed by atoms with Crippen LogP contribution >= 0.6 is 0 Å². The van der Waals surface area contributed by atoms with Gasteiger partial charge in [0.05, 0.1) is 13.0 Å². The Balaban J connectivity index is 2.16. The molecule has 0 aliphatic rings. The number of carboxylic acid groups (broad SMARTS) is 1. The van der Waals surface area contributed by atoms with Gasteiger partial charge in [0.1, 0.15) is 11.6 Å². The first-order valence-corrected chi connectivity index (χ1v) is 6.52. The minimum absolute atomic E-state index is 0.369. The molecular weight excluding hydrogens is 256 g/mol. The number of carbonyl (C=O) groups is 1. The Hall–Kier alpha value is -2.30. The highest BCUT2D eigenvalue weighted by atomic mass is 16.5. The van der Waals surface area contributed by atoms with Crippen LogP contribution in [-0.4, -0.2) is 29.7 Å². The molecule has 1 aromatic carbocycles. The minimum atomic E-state index is -0.778. The first-order chi connectivity index (χ1) is 9.63. The number of benzene rings is 1. The molecule has 1 heterocycles. The van der Waals surface area contributed by atoms with Gasteiger partial charge in [0.15, 0.2) is 0 Å². The van der Waals surface area contributed by atoms with Crippen LogP contribution < -0.4 is 10.1 Å². The Bertz CT molecular complexity index is 613. The lowest BCUT2D eigenvalue weighted by atomic mass is 10.1. The highest BCUT2D eigenvalue weighted by Crippen LogP contribution is 2.28. The van der Waals surface area contributed by atoms with Crippen LogP contribution in [0.3, 0.4) is 0 Å². The molecule has 20 heavy (non-hydrogen) atoms. The quantitative estimate of drug-likeness (QED) is 0.847. The van der Waals surface area contributed by atoms with Crippen molar-refractivity contribution in [2.75, 3.05) is 19.0 Å². The molecule has 1 atom stereocenters. The van der Waals surface area contributed by atoms with Crippen LogP contribution in [0.4, 0.5) is 5.82 Å². The van der Waals surface area contributed by atoms with Crippen molar-refractivity contribution in [3.63, 3.8) is 0 Å². The molecular formula is C15H18N2O3. The topological polar surface area (TPSA) is 71.5 Å². The van der Waals surface area contributed by atoms with Gasteiger partial charge >= 0.3 is 5.97 Å². The predicted octanol–water partition coefficient (Wildman–Crippen LogP) is 2.77. The summed E-state index contributed by atoms with van der Waals surface area (Å²) in [6.07, 6.45) is 2.27. The van der Waals surface area contributed by atoms with E-state index in [1.807, 2.05) is 24.3 Å². The number of aliphatic carboxylic acids is 1. The minimum Gasteiger partial charge on any atom is -0.496 e. The average molecular weight is 274 g/mol. The Morgan fingerprint density at radius 3 is 2.90 bits per heavy atom. The SMILES string of the molecule is COc1cccc2c(NCCC(C)C(=O)O)nccc12. The van der Waals surface area contributed by atoms with Crippen LogP contribution in [-0.2, 0) is 4.79 Å². The van der Waals surface area contributed by atoms with E-state index in [4.69, 9.17) is 9.84 Å². The smallest absolute Gasteiger partial charge is 0.306 e. The van der Waals surface area contributed by atoms with Crippen molar-refractivity contribution in [2.45, 2.75) is 13.3 Å². The second-order valence-electron chi connectivity index (χ2n) is 4.67. The third-order valence-corrected chi connectivity index (χ3v) is 3.28. The number of aromatic nitrogens is 1. The lowest BCUT2D eigenvalue weighted by Crippen LogP contribution is -2.14. The molecule has 1 aromatic heterocycles.